The minimum Gasteiger partial charge on any atom is 0 e. The van der Waals surface area contributed by atoms with Gasteiger partial charge in [0.1, 0.15) is 0 Å². The fraction of sp³-hybridized carbons (Fsp3) is 0.0385. The third kappa shape index (κ3) is 7.20. The topological polar surface area (TPSA) is 99.5 Å². The number of hydrogen-bond donors (Lipinski definition) is 0. The summed E-state index contributed by atoms with van der Waals surface area (Å²) < 4.78 is 77.3. The van der Waals surface area contributed by atoms with Gasteiger partial charge in [-0.25, -0.2) is 0 Å². The van der Waals surface area contributed by atoms with Crippen molar-refractivity contribution in [1.82, 2.24) is 0 Å². The number of alkyl halides is 3. The van der Waals surface area contributed by atoms with Crippen molar-refractivity contribution in [2.24, 2.45) is 0 Å². The molecule has 0 aliphatic rings. The molecule has 0 aliphatic carbocycles. The van der Waals surface area contributed by atoms with E-state index >= 15 is 0 Å². The van der Waals surface area contributed by atoms with Crippen LogP contribution in [0.15, 0.2) is 66.7 Å². The standard InChI is InChI=1S/C21H12F3P.5CO.W/c22-21(23,24)12-9-10-14-13-5-1-2-6-15(13)20-19(17(14)11-12)16-7-3-4-8-18(16)25-20;5*1-2;/h1-11,25H;;;;;;. The molecule has 0 fully saturated rings. The van der Waals surface area contributed by atoms with Gasteiger partial charge in [0.05, 0.1) is 5.56 Å². The van der Waals surface area contributed by atoms with E-state index in [1.54, 1.807) is 6.07 Å². The summed E-state index contributed by atoms with van der Waals surface area (Å²) in [5.41, 5.74) is -0.592. The van der Waals surface area contributed by atoms with Crippen LogP contribution in [-0.2, 0) is 50.5 Å². The Bertz CT molecular complexity index is 1490. The van der Waals surface area contributed by atoms with E-state index in [4.69, 9.17) is 23.3 Å². The van der Waals surface area contributed by atoms with E-state index in [0.29, 0.717) is 13.6 Å². The van der Waals surface area contributed by atoms with Gasteiger partial charge >= 0.3 is 62.7 Å². The van der Waals surface area contributed by atoms with Crippen LogP contribution in [0.3, 0.4) is 0 Å². The van der Waals surface area contributed by atoms with E-state index in [2.05, 4.69) is 45.4 Å². The third-order valence-corrected chi connectivity index (χ3v) is 6.28. The number of hydrogen-bond acceptors (Lipinski definition) is 0. The molecule has 0 N–H and O–H groups in total. The van der Waals surface area contributed by atoms with Crippen LogP contribution in [0.5, 0.6) is 0 Å². The molecular formula is C26H12F3O5PW. The molecule has 1 unspecified atom stereocenters. The summed E-state index contributed by atoms with van der Waals surface area (Å²) in [6, 6.07) is 20.1. The normalized spacial score (nSPS) is 9.25. The van der Waals surface area contributed by atoms with Crippen molar-refractivity contribution in [3.8, 4) is 0 Å². The summed E-state index contributed by atoms with van der Waals surface area (Å²) in [6.07, 6.45) is -4.34. The van der Waals surface area contributed by atoms with Gasteiger partial charge in [-0.1, -0.05) is 54.6 Å². The zero-order valence-electron chi connectivity index (χ0n) is 17.9. The zero-order chi connectivity index (χ0) is 27.2. The molecule has 0 saturated carbocycles. The predicted molar refractivity (Wildman–Crippen MR) is 121 cm³/mol. The summed E-state index contributed by atoms with van der Waals surface area (Å²) in [7, 11) is 0.470. The van der Waals surface area contributed by atoms with Gasteiger partial charge in [0.25, 0.3) is 0 Å². The van der Waals surface area contributed by atoms with E-state index in [9.17, 15) is 13.2 Å². The predicted octanol–water partition coefficient (Wildman–Crippen LogP) is 7.16. The maximum atomic E-state index is 13.3. The van der Waals surface area contributed by atoms with Crippen LogP contribution in [0, 0.1) is 33.3 Å². The van der Waals surface area contributed by atoms with E-state index in [1.807, 2.05) is 36.4 Å². The summed E-state index contributed by atoms with van der Waals surface area (Å²) in [5.74, 6) is 0. The van der Waals surface area contributed by atoms with Crippen LogP contribution in [0.1, 0.15) is 5.56 Å². The number of rotatable bonds is 0. The molecule has 0 aliphatic heterocycles. The molecule has 36 heavy (non-hydrogen) atoms. The minimum atomic E-state index is -4.34. The molecule has 0 radical (unpaired) electrons. The van der Waals surface area contributed by atoms with Crippen LogP contribution in [0.25, 0.3) is 42.6 Å². The molecule has 4 aromatic carbocycles. The van der Waals surface area contributed by atoms with Crippen LogP contribution >= 0.6 is 8.19 Å². The molecule has 1 heterocycles. The van der Waals surface area contributed by atoms with Crippen molar-refractivity contribution < 1.29 is 57.5 Å². The molecule has 5 aromatic rings. The molecule has 5 rings (SSSR count). The maximum Gasteiger partial charge on any atom is 0 e. The molecule has 10 heteroatoms. The first-order valence-corrected chi connectivity index (χ1v) is 9.98. The molecule has 0 spiro atoms. The Labute approximate surface area is 219 Å². The molecule has 0 amide bonds. The zero-order valence-corrected chi connectivity index (χ0v) is 21.9. The molecule has 0 saturated heterocycles. The van der Waals surface area contributed by atoms with E-state index in [1.165, 1.54) is 17.3 Å². The average Bonchev–Trinajstić information content (AvgIpc) is 3.34. The van der Waals surface area contributed by atoms with E-state index < -0.39 is 11.7 Å². The number of fused-ring (bicyclic) bond motifs is 8. The second-order valence-electron chi connectivity index (χ2n) is 6.22. The van der Waals surface area contributed by atoms with Gasteiger partial charge in [-0.2, -0.15) is 13.2 Å². The first-order valence-electron chi connectivity index (χ1n) is 8.98. The van der Waals surface area contributed by atoms with Crippen molar-refractivity contribution in [1.29, 1.82) is 0 Å². The largest absolute Gasteiger partial charge is 0 e. The van der Waals surface area contributed by atoms with Crippen molar-refractivity contribution in [2.45, 2.75) is 6.18 Å². The fourth-order valence-electron chi connectivity index (χ4n) is 3.72. The Morgan fingerprint density at radius 1 is 0.556 bits per heavy atom. The van der Waals surface area contributed by atoms with Crippen LogP contribution in [0.2, 0.25) is 0 Å². The molecule has 1 aromatic heterocycles. The Morgan fingerprint density at radius 3 is 1.53 bits per heavy atom. The van der Waals surface area contributed by atoms with Crippen molar-refractivity contribution in [3.05, 3.63) is 106 Å². The van der Waals surface area contributed by atoms with Gasteiger partial charge in [0.2, 0.25) is 0 Å². The SMILES string of the molecule is FC(F)(F)c1ccc2c3ccccc3c3[pH]c4ccccc4c3c2c1.[C-]#[O+].[C-]#[O+].[C-]#[O+].[C-]#[O+].[C-]#[O+].[W]. The minimum absolute atomic E-state index is 0. The van der Waals surface area contributed by atoms with Crippen LogP contribution in [0.4, 0.5) is 13.2 Å². The first kappa shape index (κ1) is 35.0. The fourth-order valence-corrected chi connectivity index (χ4v) is 5.26. The van der Waals surface area contributed by atoms with E-state index in [0.717, 1.165) is 32.0 Å². The first-order chi connectivity index (χ1) is 17.0. The van der Waals surface area contributed by atoms with Gasteiger partial charge in [-0.3, -0.25) is 0 Å². The molecule has 0 bridgehead atoms. The smallest absolute Gasteiger partial charge is 0 e. The molecule has 5 nitrogen and oxygen atoms in total. The van der Waals surface area contributed by atoms with Gasteiger partial charge in [0.15, 0.2) is 0 Å². The summed E-state index contributed by atoms with van der Waals surface area (Å²) in [6.45, 7) is 22.5. The van der Waals surface area contributed by atoms with Crippen LogP contribution in [-0.4, -0.2) is 0 Å². The Hall–Kier alpha value is -3.12. The maximum absolute atomic E-state index is 13.3. The van der Waals surface area contributed by atoms with Gasteiger partial charge in [-0.15, -0.1) is 8.19 Å². The Balaban J connectivity index is 0. The molecule has 1 atom stereocenters. The quantitative estimate of drug-likeness (QED) is 0.0946. The third-order valence-electron chi connectivity index (χ3n) is 4.81. The number of benzene rings is 4. The van der Waals surface area contributed by atoms with Gasteiger partial charge in [-0.05, 0) is 44.2 Å². The number of halogens is 3. The van der Waals surface area contributed by atoms with Crippen molar-refractivity contribution in [2.75, 3.05) is 0 Å². The summed E-state index contributed by atoms with van der Waals surface area (Å²) >= 11 is 0. The van der Waals surface area contributed by atoms with Crippen molar-refractivity contribution in [3.63, 3.8) is 0 Å². The Kier molecular flexibility index (Phi) is 16.9. The monoisotopic (exact) mass is 676 g/mol. The van der Waals surface area contributed by atoms with Crippen molar-refractivity contribution >= 4 is 50.7 Å². The molecular weight excluding hydrogens is 664 g/mol. The second kappa shape index (κ2) is 17.3. The summed E-state index contributed by atoms with van der Waals surface area (Å²) in [4.78, 5) is 0. The molecule has 178 valence electrons. The van der Waals surface area contributed by atoms with Gasteiger partial charge in [0, 0.05) is 31.6 Å². The Morgan fingerprint density at radius 2 is 1.00 bits per heavy atom. The van der Waals surface area contributed by atoms with Crippen LogP contribution < -0.4 is 0 Å². The average molecular weight is 676 g/mol. The second-order valence-corrected chi connectivity index (χ2v) is 7.51. The van der Waals surface area contributed by atoms with E-state index in [-0.39, 0.29) is 21.1 Å². The summed E-state index contributed by atoms with van der Waals surface area (Å²) in [5, 5.41) is 8.12. The van der Waals surface area contributed by atoms with Gasteiger partial charge < -0.3 is 0 Å².